The van der Waals surface area contributed by atoms with E-state index in [0.717, 1.165) is 12.3 Å². The van der Waals surface area contributed by atoms with Gasteiger partial charge < -0.3 is 0 Å². The monoisotopic (exact) mass is 198 g/mol. The van der Waals surface area contributed by atoms with Gasteiger partial charge >= 0.3 is 0 Å². The van der Waals surface area contributed by atoms with Gasteiger partial charge in [0.2, 0.25) is 0 Å². The normalized spacial score (nSPS) is 17.9. The van der Waals surface area contributed by atoms with Crippen LogP contribution in [-0.4, -0.2) is 36.0 Å². The molecular formula is C10H18N2S. The van der Waals surface area contributed by atoms with Gasteiger partial charge in [0.05, 0.1) is 12.6 Å². The average molecular weight is 198 g/mol. The Morgan fingerprint density at radius 1 is 1.46 bits per heavy atom. The van der Waals surface area contributed by atoms with Crippen molar-refractivity contribution in [3.05, 3.63) is 0 Å². The SMILES string of the molecule is CSCCN(CC#N)C1CCCC1. The van der Waals surface area contributed by atoms with Crippen LogP contribution in [0.1, 0.15) is 25.7 Å². The van der Waals surface area contributed by atoms with E-state index >= 15 is 0 Å². The number of rotatable bonds is 5. The summed E-state index contributed by atoms with van der Waals surface area (Å²) in [5, 5.41) is 8.70. The minimum Gasteiger partial charge on any atom is -0.287 e. The lowest BCUT2D eigenvalue weighted by atomic mass is 10.2. The van der Waals surface area contributed by atoms with Crippen molar-refractivity contribution >= 4 is 11.8 Å². The lowest BCUT2D eigenvalue weighted by Crippen LogP contribution is -2.35. The zero-order chi connectivity index (χ0) is 9.52. The molecular weight excluding hydrogens is 180 g/mol. The average Bonchev–Trinajstić information content (AvgIpc) is 2.65. The second kappa shape index (κ2) is 6.28. The summed E-state index contributed by atoms with van der Waals surface area (Å²) < 4.78 is 0. The van der Waals surface area contributed by atoms with Gasteiger partial charge in [-0.3, -0.25) is 4.90 Å². The molecule has 0 spiro atoms. The fourth-order valence-electron chi connectivity index (χ4n) is 1.96. The van der Waals surface area contributed by atoms with Crippen molar-refractivity contribution in [1.82, 2.24) is 4.90 Å². The van der Waals surface area contributed by atoms with E-state index in [-0.39, 0.29) is 0 Å². The number of hydrogen-bond donors (Lipinski definition) is 0. The highest BCUT2D eigenvalue weighted by molar-refractivity contribution is 7.98. The second-order valence-corrected chi connectivity index (χ2v) is 4.55. The molecule has 0 radical (unpaired) electrons. The predicted molar refractivity (Wildman–Crippen MR) is 57.8 cm³/mol. The Hall–Kier alpha value is -0.200. The molecule has 3 heteroatoms. The number of thioether (sulfide) groups is 1. The molecule has 0 aromatic rings. The lowest BCUT2D eigenvalue weighted by Gasteiger charge is -2.25. The van der Waals surface area contributed by atoms with Gasteiger partial charge in [-0.2, -0.15) is 17.0 Å². The summed E-state index contributed by atoms with van der Waals surface area (Å²) in [6, 6.07) is 2.97. The maximum absolute atomic E-state index is 8.70. The van der Waals surface area contributed by atoms with Crippen molar-refractivity contribution in [2.24, 2.45) is 0 Å². The highest BCUT2D eigenvalue weighted by atomic mass is 32.2. The van der Waals surface area contributed by atoms with E-state index in [2.05, 4.69) is 17.2 Å². The zero-order valence-corrected chi connectivity index (χ0v) is 9.15. The summed E-state index contributed by atoms with van der Waals surface area (Å²) >= 11 is 1.86. The minimum absolute atomic E-state index is 0.616. The van der Waals surface area contributed by atoms with Crippen molar-refractivity contribution < 1.29 is 0 Å². The van der Waals surface area contributed by atoms with Gasteiger partial charge in [-0.05, 0) is 19.1 Å². The molecule has 0 bridgehead atoms. The Morgan fingerprint density at radius 2 is 2.15 bits per heavy atom. The summed E-state index contributed by atoms with van der Waals surface area (Å²) in [6.07, 6.45) is 7.43. The van der Waals surface area contributed by atoms with Crippen LogP contribution >= 0.6 is 11.8 Å². The van der Waals surface area contributed by atoms with E-state index in [1.54, 1.807) is 0 Å². The van der Waals surface area contributed by atoms with Crippen molar-refractivity contribution in [2.75, 3.05) is 25.1 Å². The molecule has 1 fully saturated rings. The van der Waals surface area contributed by atoms with Crippen molar-refractivity contribution in [3.8, 4) is 6.07 Å². The van der Waals surface area contributed by atoms with Crippen LogP contribution < -0.4 is 0 Å². The van der Waals surface area contributed by atoms with E-state index < -0.39 is 0 Å². The molecule has 0 aliphatic heterocycles. The van der Waals surface area contributed by atoms with Crippen LogP contribution in [0.3, 0.4) is 0 Å². The number of hydrogen-bond acceptors (Lipinski definition) is 3. The van der Waals surface area contributed by atoms with Crippen LogP contribution in [0.5, 0.6) is 0 Å². The van der Waals surface area contributed by atoms with E-state index in [4.69, 9.17) is 5.26 Å². The summed E-state index contributed by atoms with van der Waals surface area (Å²) in [7, 11) is 0. The van der Waals surface area contributed by atoms with Gasteiger partial charge in [0.1, 0.15) is 0 Å². The number of nitrogens with zero attached hydrogens (tertiary/aromatic N) is 2. The lowest BCUT2D eigenvalue weighted by molar-refractivity contribution is 0.236. The van der Waals surface area contributed by atoms with Crippen LogP contribution in [0.2, 0.25) is 0 Å². The molecule has 74 valence electrons. The maximum atomic E-state index is 8.70. The highest BCUT2D eigenvalue weighted by Crippen LogP contribution is 2.23. The van der Waals surface area contributed by atoms with Crippen LogP contribution in [0, 0.1) is 11.3 Å². The molecule has 0 unspecified atom stereocenters. The van der Waals surface area contributed by atoms with E-state index in [9.17, 15) is 0 Å². The number of nitriles is 1. The molecule has 2 nitrogen and oxygen atoms in total. The first-order valence-corrected chi connectivity index (χ1v) is 6.38. The Labute approximate surface area is 85.3 Å². The highest BCUT2D eigenvalue weighted by Gasteiger charge is 2.21. The Balaban J connectivity index is 2.32. The first-order valence-electron chi connectivity index (χ1n) is 4.98. The molecule has 0 heterocycles. The fourth-order valence-corrected chi connectivity index (χ4v) is 2.38. The standard InChI is InChI=1S/C10H18N2S/c1-13-9-8-12(7-6-11)10-4-2-3-5-10/h10H,2-5,7-9H2,1H3. The minimum atomic E-state index is 0.616. The smallest absolute Gasteiger partial charge is 0.0868 e. The van der Waals surface area contributed by atoms with Crippen LogP contribution in [0.4, 0.5) is 0 Å². The summed E-state index contributed by atoms with van der Waals surface area (Å²) in [5.41, 5.74) is 0. The summed E-state index contributed by atoms with van der Waals surface area (Å²) in [6.45, 7) is 1.70. The Kier molecular flexibility index (Phi) is 5.26. The van der Waals surface area contributed by atoms with E-state index in [1.807, 2.05) is 11.8 Å². The molecule has 13 heavy (non-hydrogen) atoms. The van der Waals surface area contributed by atoms with Crippen molar-refractivity contribution in [3.63, 3.8) is 0 Å². The maximum Gasteiger partial charge on any atom is 0.0868 e. The predicted octanol–water partition coefficient (Wildman–Crippen LogP) is 2.12. The third-order valence-electron chi connectivity index (χ3n) is 2.70. The fraction of sp³-hybridized carbons (Fsp3) is 0.900. The molecule has 0 N–H and O–H groups in total. The van der Waals surface area contributed by atoms with Gasteiger partial charge in [-0.25, -0.2) is 0 Å². The molecule has 1 saturated carbocycles. The molecule has 0 amide bonds. The quantitative estimate of drug-likeness (QED) is 0.633. The third-order valence-corrected chi connectivity index (χ3v) is 3.29. The van der Waals surface area contributed by atoms with Gasteiger partial charge in [-0.1, -0.05) is 12.8 Å². The van der Waals surface area contributed by atoms with Crippen LogP contribution in [0.25, 0.3) is 0 Å². The van der Waals surface area contributed by atoms with Gasteiger partial charge in [-0.15, -0.1) is 0 Å². The first-order chi connectivity index (χ1) is 6.38. The molecule has 0 aromatic heterocycles. The second-order valence-electron chi connectivity index (χ2n) is 3.56. The molecule has 1 aliphatic rings. The summed E-state index contributed by atoms with van der Waals surface area (Å²) in [5.74, 6) is 1.15. The Morgan fingerprint density at radius 3 is 2.69 bits per heavy atom. The third kappa shape index (κ3) is 3.58. The molecule has 0 aromatic carbocycles. The van der Waals surface area contributed by atoms with Gasteiger partial charge in [0.15, 0.2) is 0 Å². The first kappa shape index (κ1) is 10.9. The Bertz CT molecular complexity index is 170. The largest absolute Gasteiger partial charge is 0.287 e. The molecule has 0 atom stereocenters. The molecule has 1 aliphatic carbocycles. The van der Waals surface area contributed by atoms with Crippen molar-refractivity contribution in [1.29, 1.82) is 5.26 Å². The van der Waals surface area contributed by atoms with Gasteiger partial charge in [0, 0.05) is 18.3 Å². The molecule has 1 rings (SSSR count). The zero-order valence-electron chi connectivity index (χ0n) is 8.33. The van der Waals surface area contributed by atoms with Crippen LogP contribution in [-0.2, 0) is 0 Å². The van der Waals surface area contributed by atoms with Crippen LogP contribution in [0.15, 0.2) is 0 Å². The van der Waals surface area contributed by atoms with E-state index in [1.165, 1.54) is 25.7 Å². The van der Waals surface area contributed by atoms with Gasteiger partial charge in [0.25, 0.3) is 0 Å². The van der Waals surface area contributed by atoms with E-state index in [0.29, 0.717) is 12.6 Å². The topological polar surface area (TPSA) is 27.0 Å². The summed E-state index contributed by atoms with van der Waals surface area (Å²) in [4.78, 5) is 2.35. The van der Waals surface area contributed by atoms with Crippen molar-refractivity contribution in [2.45, 2.75) is 31.7 Å². The molecule has 0 saturated heterocycles.